The Morgan fingerprint density at radius 3 is 2.73 bits per heavy atom. The minimum absolute atomic E-state index is 0.128. The lowest BCUT2D eigenvalue weighted by Gasteiger charge is -2.12. The predicted molar refractivity (Wildman–Crippen MR) is 66.1 cm³/mol. The summed E-state index contributed by atoms with van der Waals surface area (Å²) in [5, 5.41) is 8.72. The van der Waals surface area contributed by atoms with Gasteiger partial charge in [0, 0.05) is 11.0 Å². The Morgan fingerprint density at radius 1 is 1.40 bits per heavy atom. The SMILES string of the molecule is CC(C)(C)S/N=C/c1cccc(C#N)c1. The Morgan fingerprint density at radius 2 is 2.13 bits per heavy atom. The molecule has 2 nitrogen and oxygen atoms in total. The van der Waals surface area contributed by atoms with E-state index in [4.69, 9.17) is 5.26 Å². The second-order valence-corrected chi connectivity index (χ2v) is 5.79. The maximum absolute atomic E-state index is 8.72. The topological polar surface area (TPSA) is 36.1 Å². The van der Waals surface area contributed by atoms with E-state index in [1.54, 1.807) is 12.3 Å². The molecule has 1 aromatic carbocycles. The average molecular weight is 218 g/mol. The van der Waals surface area contributed by atoms with Crippen molar-refractivity contribution in [1.82, 2.24) is 0 Å². The van der Waals surface area contributed by atoms with Crippen molar-refractivity contribution < 1.29 is 0 Å². The Balaban J connectivity index is 2.69. The van der Waals surface area contributed by atoms with Crippen LogP contribution in [-0.2, 0) is 0 Å². The zero-order valence-electron chi connectivity index (χ0n) is 9.19. The van der Waals surface area contributed by atoms with Crippen LogP contribution in [-0.4, -0.2) is 11.0 Å². The van der Waals surface area contributed by atoms with Gasteiger partial charge in [0.2, 0.25) is 0 Å². The largest absolute Gasteiger partial charge is 0.223 e. The highest BCUT2D eigenvalue weighted by Gasteiger charge is 2.08. The molecule has 0 saturated carbocycles. The van der Waals surface area contributed by atoms with Crippen LogP contribution in [0, 0.1) is 11.3 Å². The van der Waals surface area contributed by atoms with Crippen LogP contribution in [0.4, 0.5) is 0 Å². The number of benzene rings is 1. The van der Waals surface area contributed by atoms with E-state index >= 15 is 0 Å². The fourth-order valence-electron chi connectivity index (χ4n) is 0.934. The minimum atomic E-state index is 0.128. The molecule has 0 aliphatic heterocycles. The molecule has 0 N–H and O–H groups in total. The summed E-state index contributed by atoms with van der Waals surface area (Å²) in [7, 11) is 0. The van der Waals surface area contributed by atoms with Gasteiger partial charge >= 0.3 is 0 Å². The number of nitriles is 1. The van der Waals surface area contributed by atoms with Crippen molar-refractivity contribution in [3.8, 4) is 6.07 Å². The molecule has 1 aromatic rings. The van der Waals surface area contributed by atoms with Gasteiger partial charge in [0.25, 0.3) is 0 Å². The molecule has 0 heterocycles. The van der Waals surface area contributed by atoms with Crippen LogP contribution in [0.15, 0.2) is 28.7 Å². The molecule has 0 atom stereocenters. The highest BCUT2D eigenvalue weighted by Crippen LogP contribution is 2.23. The Kier molecular flexibility index (Phi) is 3.93. The summed E-state index contributed by atoms with van der Waals surface area (Å²) in [5.41, 5.74) is 1.63. The fraction of sp³-hybridized carbons (Fsp3) is 0.333. The molecule has 3 heteroatoms. The van der Waals surface area contributed by atoms with Gasteiger partial charge in [-0.15, -0.1) is 0 Å². The molecule has 1 rings (SSSR count). The second-order valence-electron chi connectivity index (χ2n) is 4.18. The third kappa shape index (κ3) is 4.66. The first-order valence-corrected chi connectivity index (χ1v) is 5.50. The lowest BCUT2D eigenvalue weighted by Crippen LogP contribution is -2.04. The summed E-state index contributed by atoms with van der Waals surface area (Å²) in [4.78, 5) is 0. The molecule has 0 aromatic heterocycles. The van der Waals surface area contributed by atoms with Crippen molar-refractivity contribution in [2.75, 3.05) is 0 Å². The van der Waals surface area contributed by atoms with E-state index < -0.39 is 0 Å². The average Bonchev–Trinajstić information content (AvgIpc) is 2.16. The van der Waals surface area contributed by atoms with Crippen molar-refractivity contribution >= 4 is 18.2 Å². The zero-order chi connectivity index (χ0) is 11.3. The molecule has 0 saturated heterocycles. The van der Waals surface area contributed by atoms with Gasteiger partial charge in [-0.25, -0.2) is 4.40 Å². The molecule has 0 aliphatic rings. The van der Waals surface area contributed by atoms with E-state index in [1.807, 2.05) is 18.2 Å². The van der Waals surface area contributed by atoms with Gasteiger partial charge in [-0.1, -0.05) is 12.1 Å². The van der Waals surface area contributed by atoms with Gasteiger partial charge in [-0.2, -0.15) is 5.26 Å². The smallest absolute Gasteiger partial charge is 0.0991 e. The molecular formula is C12H14N2S. The van der Waals surface area contributed by atoms with Crippen LogP contribution in [0.2, 0.25) is 0 Å². The van der Waals surface area contributed by atoms with Crippen LogP contribution < -0.4 is 0 Å². The van der Waals surface area contributed by atoms with Crippen molar-refractivity contribution in [3.63, 3.8) is 0 Å². The maximum Gasteiger partial charge on any atom is 0.0991 e. The number of hydrogen-bond acceptors (Lipinski definition) is 3. The van der Waals surface area contributed by atoms with Gasteiger partial charge in [-0.05, 0) is 50.4 Å². The number of hydrogen-bond donors (Lipinski definition) is 0. The van der Waals surface area contributed by atoms with E-state index in [2.05, 4.69) is 31.2 Å². The lowest BCUT2D eigenvalue weighted by molar-refractivity contribution is 0.804. The molecule has 0 amide bonds. The first kappa shape index (κ1) is 11.8. The monoisotopic (exact) mass is 218 g/mol. The van der Waals surface area contributed by atoms with Gasteiger partial charge < -0.3 is 0 Å². The Labute approximate surface area is 95.2 Å². The summed E-state index contributed by atoms with van der Waals surface area (Å²) in [6.07, 6.45) is 1.79. The van der Waals surface area contributed by atoms with Gasteiger partial charge in [0.05, 0.1) is 11.6 Å². The molecule has 0 spiro atoms. The standard InChI is InChI=1S/C12H14N2S/c1-12(2,3)15-14-9-11-6-4-5-10(7-11)8-13/h4-7,9H,1-3H3/b14-9+. The second kappa shape index (κ2) is 4.99. The summed E-state index contributed by atoms with van der Waals surface area (Å²) in [6, 6.07) is 9.52. The van der Waals surface area contributed by atoms with Gasteiger partial charge in [0.1, 0.15) is 0 Å². The fourth-order valence-corrected chi connectivity index (χ4v) is 1.42. The van der Waals surface area contributed by atoms with Crippen molar-refractivity contribution in [2.24, 2.45) is 4.40 Å². The Hall–Kier alpha value is -1.27. The molecular weight excluding hydrogens is 204 g/mol. The highest BCUT2D eigenvalue weighted by molar-refractivity contribution is 7.99. The quantitative estimate of drug-likeness (QED) is 0.563. The minimum Gasteiger partial charge on any atom is -0.223 e. The van der Waals surface area contributed by atoms with Gasteiger partial charge in [-0.3, -0.25) is 0 Å². The van der Waals surface area contributed by atoms with Crippen LogP contribution in [0.1, 0.15) is 31.9 Å². The summed E-state index contributed by atoms with van der Waals surface area (Å²) >= 11 is 1.53. The van der Waals surface area contributed by atoms with Crippen LogP contribution in [0.25, 0.3) is 0 Å². The molecule has 0 bridgehead atoms. The van der Waals surface area contributed by atoms with E-state index in [0.29, 0.717) is 5.56 Å². The predicted octanol–water partition coefficient (Wildman–Crippen LogP) is 3.42. The van der Waals surface area contributed by atoms with Crippen molar-refractivity contribution in [3.05, 3.63) is 35.4 Å². The zero-order valence-corrected chi connectivity index (χ0v) is 10.0. The molecule has 0 fully saturated rings. The molecule has 0 unspecified atom stereocenters. The third-order valence-corrected chi connectivity index (χ3v) is 2.30. The molecule has 0 radical (unpaired) electrons. The molecule has 15 heavy (non-hydrogen) atoms. The van der Waals surface area contributed by atoms with E-state index in [9.17, 15) is 0 Å². The first-order chi connectivity index (χ1) is 7.01. The van der Waals surface area contributed by atoms with Crippen LogP contribution >= 0.6 is 11.9 Å². The maximum atomic E-state index is 8.72. The van der Waals surface area contributed by atoms with E-state index in [-0.39, 0.29) is 4.75 Å². The molecule has 78 valence electrons. The van der Waals surface area contributed by atoms with Crippen LogP contribution in [0.3, 0.4) is 0 Å². The summed E-state index contributed by atoms with van der Waals surface area (Å²) in [6.45, 7) is 6.34. The van der Waals surface area contributed by atoms with Crippen molar-refractivity contribution in [1.29, 1.82) is 5.26 Å². The van der Waals surface area contributed by atoms with Crippen LogP contribution in [0.5, 0.6) is 0 Å². The first-order valence-electron chi connectivity index (χ1n) is 4.73. The van der Waals surface area contributed by atoms with E-state index in [0.717, 1.165) is 5.56 Å². The number of rotatable bonds is 2. The third-order valence-electron chi connectivity index (χ3n) is 1.54. The normalized spacial score (nSPS) is 11.6. The molecule has 0 aliphatic carbocycles. The lowest BCUT2D eigenvalue weighted by atomic mass is 10.1. The van der Waals surface area contributed by atoms with Gasteiger partial charge in [0.15, 0.2) is 0 Å². The highest BCUT2D eigenvalue weighted by atomic mass is 32.2. The van der Waals surface area contributed by atoms with Crippen molar-refractivity contribution in [2.45, 2.75) is 25.5 Å². The number of nitrogens with zero attached hydrogens (tertiary/aromatic N) is 2. The summed E-state index contributed by atoms with van der Waals surface area (Å²) in [5.74, 6) is 0. The summed E-state index contributed by atoms with van der Waals surface area (Å²) < 4.78 is 4.40. The Bertz CT molecular complexity index is 397. The van der Waals surface area contributed by atoms with E-state index in [1.165, 1.54) is 11.9 Å².